The number of amides is 2. The Bertz CT molecular complexity index is 752. The van der Waals surface area contributed by atoms with Gasteiger partial charge >= 0.3 is 0 Å². The Morgan fingerprint density at radius 1 is 1.17 bits per heavy atom. The highest BCUT2D eigenvalue weighted by Gasteiger charge is 2.12. The Kier molecular flexibility index (Phi) is 6.53. The molecule has 126 valence electrons. The van der Waals surface area contributed by atoms with E-state index in [4.69, 9.17) is 4.74 Å². The summed E-state index contributed by atoms with van der Waals surface area (Å²) in [6.07, 6.45) is 0.789. The van der Waals surface area contributed by atoms with Gasteiger partial charge in [0.2, 0.25) is 0 Å². The first-order valence-electron chi connectivity index (χ1n) is 7.26. The first-order valence-corrected chi connectivity index (χ1v) is 8.34. The largest absolute Gasteiger partial charge is 0.483 e. The van der Waals surface area contributed by atoms with E-state index in [1.807, 2.05) is 47.7 Å². The zero-order valence-corrected chi connectivity index (χ0v) is 15.1. The first-order chi connectivity index (χ1) is 11.5. The number of nitrogens with one attached hydrogen (secondary N) is 2. The van der Waals surface area contributed by atoms with E-state index in [2.05, 4.69) is 10.9 Å². The average Bonchev–Trinajstić information content (AvgIpc) is 2.58. The van der Waals surface area contributed by atoms with Crippen LogP contribution in [0.5, 0.6) is 5.75 Å². The van der Waals surface area contributed by atoms with Crippen LogP contribution in [-0.4, -0.2) is 18.4 Å². The molecule has 0 spiro atoms. The number of hydrogen-bond acceptors (Lipinski definition) is 3. The summed E-state index contributed by atoms with van der Waals surface area (Å²) < 4.78 is 18.9. The van der Waals surface area contributed by atoms with Crippen LogP contribution in [0.3, 0.4) is 0 Å². The minimum Gasteiger partial charge on any atom is -0.483 e. The normalized spacial score (nSPS) is 10.1. The van der Waals surface area contributed by atoms with Gasteiger partial charge < -0.3 is 4.74 Å². The van der Waals surface area contributed by atoms with Crippen LogP contribution in [0.15, 0.2) is 42.5 Å². The summed E-state index contributed by atoms with van der Waals surface area (Å²) in [6.45, 7) is 1.77. The topological polar surface area (TPSA) is 67.4 Å². The molecule has 0 saturated heterocycles. The van der Waals surface area contributed by atoms with E-state index in [1.165, 1.54) is 18.2 Å². The Hall–Kier alpha value is -2.16. The lowest BCUT2D eigenvalue weighted by molar-refractivity contribution is -0.123. The maximum atomic E-state index is 13.0. The van der Waals surface area contributed by atoms with Crippen LogP contribution >= 0.6 is 22.6 Å². The van der Waals surface area contributed by atoms with Crippen molar-refractivity contribution >= 4 is 34.4 Å². The highest BCUT2D eigenvalue weighted by atomic mass is 127. The van der Waals surface area contributed by atoms with Crippen molar-refractivity contribution in [2.45, 2.75) is 13.3 Å². The molecular weight excluding hydrogens is 426 g/mol. The molecule has 5 nitrogen and oxygen atoms in total. The van der Waals surface area contributed by atoms with Crippen molar-refractivity contribution in [3.63, 3.8) is 0 Å². The van der Waals surface area contributed by atoms with Crippen LogP contribution in [0.2, 0.25) is 0 Å². The average molecular weight is 442 g/mol. The van der Waals surface area contributed by atoms with Crippen molar-refractivity contribution in [2.75, 3.05) is 6.61 Å². The van der Waals surface area contributed by atoms with Crippen molar-refractivity contribution in [3.8, 4) is 5.75 Å². The second-order valence-corrected chi connectivity index (χ2v) is 6.04. The van der Waals surface area contributed by atoms with Crippen molar-refractivity contribution in [1.29, 1.82) is 0 Å². The molecule has 24 heavy (non-hydrogen) atoms. The quantitative estimate of drug-likeness (QED) is 0.553. The van der Waals surface area contributed by atoms with Crippen LogP contribution in [0.1, 0.15) is 22.8 Å². The molecule has 0 fully saturated rings. The van der Waals surface area contributed by atoms with Crippen molar-refractivity contribution < 1.29 is 18.7 Å². The number of rotatable bonds is 5. The minimum absolute atomic E-state index is 0.224. The number of ether oxygens (including phenoxy) is 1. The lowest BCUT2D eigenvalue weighted by Crippen LogP contribution is -2.44. The Morgan fingerprint density at radius 2 is 1.92 bits per heavy atom. The molecule has 0 saturated carbocycles. The van der Waals surface area contributed by atoms with Crippen molar-refractivity contribution in [2.24, 2.45) is 0 Å². The maximum Gasteiger partial charge on any atom is 0.276 e. The van der Waals surface area contributed by atoms with Gasteiger partial charge in [-0.2, -0.15) is 0 Å². The Labute approximate surface area is 152 Å². The van der Waals surface area contributed by atoms with Crippen LogP contribution in [-0.2, 0) is 11.2 Å². The monoisotopic (exact) mass is 442 g/mol. The zero-order valence-electron chi connectivity index (χ0n) is 12.9. The number of aryl methyl sites for hydroxylation is 1. The second-order valence-electron chi connectivity index (χ2n) is 4.88. The molecule has 0 aliphatic heterocycles. The molecule has 0 aliphatic rings. The Balaban J connectivity index is 1.85. The molecule has 0 atom stereocenters. The summed E-state index contributed by atoms with van der Waals surface area (Å²) in [5, 5.41) is 0. The maximum absolute atomic E-state index is 13.0. The van der Waals surface area contributed by atoms with Crippen LogP contribution < -0.4 is 15.6 Å². The molecular formula is C17H16FIN2O3. The van der Waals surface area contributed by atoms with Gasteiger partial charge in [0, 0.05) is 3.57 Å². The van der Waals surface area contributed by atoms with Gasteiger partial charge in [-0.25, -0.2) is 4.39 Å². The number of halogens is 2. The van der Waals surface area contributed by atoms with Crippen molar-refractivity contribution in [3.05, 3.63) is 63.0 Å². The standard InChI is InChI=1S/C17H16FIN2O3/c1-2-11-5-3-4-6-15(11)24-10-16(22)20-21-17(23)13-8-7-12(18)9-14(13)19/h3-9H,2,10H2,1H3,(H,20,22)(H,21,23). The van der Waals surface area contributed by atoms with Gasteiger partial charge in [0.15, 0.2) is 6.61 Å². The number of carbonyl (C=O) groups excluding carboxylic acids is 2. The molecule has 2 rings (SSSR count). The molecule has 2 aromatic rings. The van der Waals surface area contributed by atoms with E-state index in [-0.39, 0.29) is 12.2 Å². The first kappa shape index (κ1) is 18.2. The number of benzene rings is 2. The molecule has 2 aromatic carbocycles. The van der Waals surface area contributed by atoms with E-state index in [9.17, 15) is 14.0 Å². The summed E-state index contributed by atoms with van der Waals surface area (Å²) in [5.41, 5.74) is 5.82. The van der Waals surface area contributed by atoms with Gasteiger partial charge in [-0.05, 0) is 58.8 Å². The summed E-state index contributed by atoms with van der Waals surface area (Å²) in [6, 6.07) is 11.2. The highest BCUT2D eigenvalue weighted by molar-refractivity contribution is 14.1. The third-order valence-corrected chi connectivity index (χ3v) is 4.10. The predicted molar refractivity (Wildman–Crippen MR) is 96.0 cm³/mol. The highest BCUT2D eigenvalue weighted by Crippen LogP contribution is 2.18. The summed E-state index contributed by atoms with van der Waals surface area (Å²) in [4.78, 5) is 23.7. The van der Waals surface area contributed by atoms with Crippen molar-refractivity contribution in [1.82, 2.24) is 10.9 Å². The minimum atomic E-state index is -0.526. The lowest BCUT2D eigenvalue weighted by Gasteiger charge is -2.11. The van der Waals surface area contributed by atoms with Gasteiger partial charge in [-0.3, -0.25) is 20.4 Å². The number of hydrazine groups is 1. The molecule has 0 aromatic heterocycles. The van der Waals surface area contributed by atoms with Gasteiger partial charge in [0.05, 0.1) is 5.56 Å². The fourth-order valence-electron chi connectivity index (χ4n) is 1.98. The fourth-order valence-corrected chi connectivity index (χ4v) is 2.71. The van der Waals surface area contributed by atoms with E-state index < -0.39 is 17.6 Å². The number of hydrogen-bond donors (Lipinski definition) is 2. The van der Waals surface area contributed by atoms with E-state index in [0.29, 0.717) is 9.32 Å². The summed E-state index contributed by atoms with van der Waals surface area (Å²) in [7, 11) is 0. The molecule has 0 radical (unpaired) electrons. The SMILES string of the molecule is CCc1ccccc1OCC(=O)NNC(=O)c1ccc(F)cc1I. The Morgan fingerprint density at radius 3 is 2.62 bits per heavy atom. The number of carbonyl (C=O) groups is 2. The molecule has 0 unspecified atom stereocenters. The van der Waals surface area contributed by atoms with Crippen LogP contribution in [0, 0.1) is 9.39 Å². The second kappa shape index (κ2) is 8.62. The third-order valence-electron chi connectivity index (χ3n) is 3.20. The van der Waals surface area contributed by atoms with Crippen LogP contribution in [0.4, 0.5) is 4.39 Å². The van der Waals surface area contributed by atoms with E-state index >= 15 is 0 Å². The third kappa shape index (κ3) is 4.92. The van der Waals surface area contributed by atoms with Gasteiger partial charge in [-0.1, -0.05) is 25.1 Å². The van der Waals surface area contributed by atoms with Crippen LogP contribution in [0.25, 0.3) is 0 Å². The summed E-state index contributed by atoms with van der Waals surface area (Å²) in [5.74, 6) is -0.814. The molecule has 0 heterocycles. The molecule has 2 N–H and O–H groups in total. The van der Waals surface area contributed by atoms with Gasteiger partial charge in [0.25, 0.3) is 11.8 Å². The fraction of sp³-hybridized carbons (Fsp3) is 0.176. The van der Waals surface area contributed by atoms with E-state index in [0.717, 1.165) is 12.0 Å². The van der Waals surface area contributed by atoms with Gasteiger partial charge in [-0.15, -0.1) is 0 Å². The van der Waals surface area contributed by atoms with E-state index in [1.54, 1.807) is 6.07 Å². The number of para-hydroxylation sites is 1. The molecule has 0 bridgehead atoms. The lowest BCUT2D eigenvalue weighted by atomic mass is 10.1. The molecule has 2 amide bonds. The summed E-state index contributed by atoms with van der Waals surface area (Å²) >= 11 is 1.85. The molecule has 7 heteroatoms. The smallest absolute Gasteiger partial charge is 0.276 e. The zero-order chi connectivity index (χ0) is 17.5. The molecule has 0 aliphatic carbocycles. The van der Waals surface area contributed by atoms with Gasteiger partial charge in [0.1, 0.15) is 11.6 Å². The predicted octanol–water partition coefficient (Wildman–Crippen LogP) is 2.83.